The van der Waals surface area contributed by atoms with Crippen LogP contribution >= 0.6 is 0 Å². The van der Waals surface area contributed by atoms with Gasteiger partial charge in [-0.15, -0.1) is 0 Å². The van der Waals surface area contributed by atoms with Crippen LogP contribution in [-0.4, -0.2) is 5.78 Å². The van der Waals surface area contributed by atoms with Crippen LogP contribution in [0.4, 0.5) is 0 Å². The normalized spacial score (nSPS) is 28.7. The lowest BCUT2D eigenvalue weighted by Gasteiger charge is -2.30. The van der Waals surface area contributed by atoms with Crippen LogP contribution in [0.5, 0.6) is 0 Å². The Bertz CT molecular complexity index is 198. The van der Waals surface area contributed by atoms with Gasteiger partial charge in [-0.2, -0.15) is 0 Å². The lowest BCUT2D eigenvalue weighted by molar-refractivity contribution is -0.126. The molecule has 0 radical (unpaired) electrons. The minimum Gasteiger partial charge on any atom is -0.299 e. The summed E-state index contributed by atoms with van der Waals surface area (Å²) in [5, 5.41) is 0. The Labute approximate surface area is 94.6 Å². The summed E-state index contributed by atoms with van der Waals surface area (Å²) >= 11 is 0. The third-order valence-electron chi connectivity index (χ3n) is 4.09. The van der Waals surface area contributed by atoms with E-state index in [-0.39, 0.29) is 0 Å². The SMILES string of the molecule is CCC(C)CC(=O)C1CCCCC1CC. The van der Waals surface area contributed by atoms with Gasteiger partial charge >= 0.3 is 0 Å². The highest BCUT2D eigenvalue weighted by Gasteiger charge is 2.29. The van der Waals surface area contributed by atoms with Crippen molar-refractivity contribution in [1.29, 1.82) is 0 Å². The highest BCUT2D eigenvalue weighted by atomic mass is 16.1. The topological polar surface area (TPSA) is 17.1 Å². The van der Waals surface area contributed by atoms with E-state index in [1.165, 1.54) is 25.7 Å². The zero-order valence-electron chi connectivity index (χ0n) is 10.6. The third kappa shape index (κ3) is 3.62. The van der Waals surface area contributed by atoms with Gasteiger partial charge in [-0.05, 0) is 24.7 Å². The van der Waals surface area contributed by atoms with Gasteiger partial charge in [-0.1, -0.05) is 46.5 Å². The van der Waals surface area contributed by atoms with Crippen molar-refractivity contribution in [3.05, 3.63) is 0 Å². The molecule has 1 heteroatoms. The predicted octanol–water partition coefficient (Wildman–Crippen LogP) is 4.21. The second-order valence-electron chi connectivity index (χ2n) is 5.24. The van der Waals surface area contributed by atoms with E-state index in [2.05, 4.69) is 20.8 Å². The molecule has 0 saturated heterocycles. The summed E-state index contributed by atoms with van der Waals surface area (Å²) < 4.78 is 0. The van der Waals surface area contributed by atoms with E-state index in [0.717, 1.165) is 19.3 Å². The van der Waals surface area contributed by atoms with Crippen molar-refractivity contribution in [2.45, 2.75) is 65.7 Å². The molecule has 1 nitrogen and oxygen atoms in total. The molecule has 1 saturated carbocycles. The Balaban J connectivity index is 2.48. The molecule has 1 rings (SSSR count). The molecule has 88 valence electrons. The Hall–Kier alpha value is -0.330. The van der Waals surface area contributed by atoms with Gasteiger partial charge in [0.25, 0.3) is 0 Å². The van der Waals surface area contributed by atoms with E-state index >= 15 is 0 Å². The maximum Gasteiger partial charge on any atom is 0.136 e. The Morgan fingerprint density at radius 3 is 2.53 bits per heavy atom. The molecule has 0 bridgehead atoms. The van der Waals surface area contributed by atoms with Crippen molar-refractivity contribution in [2.75, 3.05) is 0 Å². The third-order valence-corrected chi connectivity index (χ3v) is 4.09. The second kappa shape index (κ2) is 6.30. The number of ketones is 1. The maximum absolute atomic E-state index is 12.1. The Morgan fingerprint density at radius 1 is 1.27 bits per heavy atom. The predicted molar refractivity (Wildman–Crippen MR) is 64.8 cm³/mol. The van der Waals surface area contributed by atoms with Crippen LogP contribution < -0.4 is 0 Å². The molecule has 0 aromatic heterocycles. The van der Waals surface area contributed by atoms with Crippen LogP contribution in [-0.2, 0) is 4.79 Å². The van der Waals surface area contributed by atoms with E-state index in [0.29, 0.717) is 23.5 Å². The Kier molecular flexibility index (Phi) is 5.35. The lowest BCUT2D eigenvalue weighted by Crippen LogP contribution is -2.27. The number of carbonyl (C=O) groups is 1. The van der Waals surface area contributed by atoms with Crippen LogP contribution in [0.1, 0.15) is 65.7 Å². The van der Waals surface area contributed by atoms with Gasteiger partial charge in [0.1, 0.15) is 5.78 Å². The molecule has 1 fully saturated rings. The van der Waals surface area contributed by atoms with Crippen molar-refractivity contribution in [3.63, 3.8) is 0 Å². The molecule has 15 heavy (non-hydrogen) atoms. The molecule has 0 amide bonds. The van der Waals surface area contributed by atoms with Crippen LogP contribution in [0.3, 0.4) is 0 Å². The molecule has 0 aromatic carbocycles. The van der Waals surface area contributed by atoms with E-state index in [4.69, 9.17) is 0 Å². The summed E-state index contributed by atoms with van der Waals surface area (Å²) in [4.78, 5) is 12.1. The fourth-order valence-corrected chi connectivity index (χ4v) is 2.76. The molecule has 3 unspecified atom stereocenters. The van der Waals surface area contributed by atoms with Crippen molar-refractivity contribution in [2.24, 2.45) is 17.8 Å². The molecule has 0 spiro atoms. The van der Waals surface area contributed by atoms with Crippen molar-refractivity contribution >= 4 is 5.78 Å². The highest BCUT2D eigenvalue weighted by Crippen LogP contribution is 2.34. The fourth-order valence-electron chi connectivity index (χ4n) is 2.76. The highest BCUT2D eigenvalue weighted by molar-refractivity contribution is 5.81. The molecule has 0 aromatic rings. The molecule has 1 aliphatic carbocycles. The Morgan fingerprint density at radius 2 is 1.93 bits per heavy atom. The molecule has 0 heterocycles. The summed E-state index contributed by atoms with van der Waals surface area (Å²) in [6, 6.07) is 0. The standard InChI is InChI=1S/C14H26O/c1-4-11(3)10-14(15)13-9-7-6-8-12(13)5-2/h11-13H,4-10H2,1-3H3. The van der Waals surface area contributed by atoms with Gasteiger partial charge in [-0.25, -0.2) is 0 Å². The molecule has 0 aliphatic heterocycles. The largest absolute Gasteiger partial charge is 0.299 e. The molecular weight excluding hydrogens is 184 g/mol. The summed E-state index contributed by atoms with van der Waals surface area (Å²) in [7, 11) is 0. The molecule has 1 aliphatic rings. The molecule has 3 atom stereocenters. The summed E-state index contributed by atoms with van der Waals surface area (Å²) in [5.74, 6) is 2.22. The van der Waals surface area contributed by atoms with Crippen LogP contribution in [0.15, 0.2) is 0 Å². The number of rotatable bonds is 5. The van der Waals surface area contributed by atoms with E-state index in [1.807, 2.05) is 0 Å². The first-order valence-electron chi connectivity index (χ1n) is 6.71. The van der Waals surface area contributed by atoms with Crippen molar-refractivity contribution < 1.29 is 4.79 Å². The van der Waals surface area contributed by atoms with E-state index in [1.54, 1.807) is 0 Å². The zero-order valence-corrected chi connectivity index (χ0v) is 10.6. The first kappa shape index (κ1) is 12.7. The minimum absolute atomic E-state index is 0.401. The zero-order chi connectivity index (χ0) is 11.3. The smallest absolute Gasteiger partial charge is 0.136 e. The van der Waals surface area contributed by atoms with Crippen LogP contribution in [0, 0.1) is 17.8 Å². The average Bonchev–Trinajstić information content (AvgIpc) is 2.28. The lowest BCUT2D eigenvalue weighted by atomic mass is 9.74. The first-order valence-corrected chi connectivity index (χ1v) is 6.71. The number of Topliss-reactive ketones (excluding diaryl/α,β-unsaturated/α-hetero) is 1. The van der Waals surface area contributed by atoms with Crippen LogP contribution in [0.2, 0.25) is 0 Å². The van der Waals surface area contributed by atoms with Gasteiger partial charge in [0, 0.05) is 12.3 Å². The first-order chi connectivity index (χ1) is 7.19. The maximum atomic E-state index is 12.1. The summed E-state index contributed by atoms with van der Waals surface area (Å²) in [5.41, 5.74) is 0. The number of carbonyl (C=O) groups excluding carboxylic acids is 1. The van der Waals surface area contributed by atoms with Gasteiger partial charge in [0.15, 0.2) is 0 Å². The molecular formula is C14H26O. The summed E-state index contributed by atoms with van der Waals surface area (Å²) in [6.07, 6.45) is 8.20. The monoisotopic (exact) mass is 210 g/mol. The van der Waals surface area contributed by atoms with Crippen molar-refractivity contribution in [1.82, 2.24) is 0 Å². The molecule has 0 N–H and O–H groups in total. The van der Waals surface area contributed by atoms with E-state index in [9.17, 15) is 4.79 Å². The fraction of sp³-hybridized carbons (Fsp3) is 0.929. The van der Waals surface area contributed by atoms with Crippen molar-refractivity contribution in [3.8, 4) is 0 Å². The van der Waals surface area contributed by atoms with Gasteiger partial charge < -0.3 is 0 Å². The average molecular weight is 210 g/mol. The number of hydrogen-bond donors (Lipinski definition) is 0. The van der Waals surface area contributed by atoms with Gasteiger partial charge in [0.2, 0.25) is 0 Å². The van der Waals surface area contributed by atoms with Gasteiger partial charge in [-0.3, -0.25) is 4.79 Å². The number of hydrogen-bond acceptors (Lipinski definition) is 1. The summed E-state index contributed by atoms with van der Waals surface area (Å²) in [6.45, 7) is 6.61. The van der Waals surface area contributed by atoms with Crippen LogP contribution in [0.25, 0.3) is 0 Å². The van der Waals surface area contributed by atoms with Gasteiger partial charge in [0.05, 0.1) is 0 Å². The minimum atomic E-state index is 0.401. The quantitative estimate of drug-likeness (QED) is 0.664. The van der Waals surface area contributed by atoms with E-state index < -0.39 is 0 Å². The second-order valence-corrected chi connectivity index (χ2v) is 5.24.